The van der Waals surface area contributed by atoms with Crippen molar-refractivity contribution in [2.24, 2.45) is 5.92 Å². The Morgan fingerprint density at radius 1 is 1.16 bits per heavy atom. The van der Waals surface area contributed by atoms with E-state index < -0.39 is 0 Å². The van der Waals surface area contributed by atoms with Gasteiger partial charge in [0, 0.05) is 17.1 Å². The molecule has 104 valence electrons. The van der Waals surface area contributed by atoms with Gasteiger partial charge in [-0.15, -0.1) is 0 Å². The molecule has 0 spiro atoms. The lowest BCUT2D eigenvalue weighted by atomic mass is 9.75. The van der Waals surface area contributed by atoms with Gasteiger partial charge in [-0.1, -0.05) is 42.6 Å². The van der Waals surface area contributed by atoms with E-state index in [1.165, 1.54) is 44.1 Å². The van der Waals surface area contributed by atoms with Crippen LogP contribution in [0.2, 0.25) is 5.02 Å². The second-order valence-corrected chi connectivity index (χ2v) is 6.79. The van der Waals surface area contributed by atoms with E-state index in [2.05, 4.69) is 24.4 Å². The first-order chi connectivity index (χ1) is 9.24. The normalized spacial score (nSPS) is 29.2. The molecule has 0 heterocycles. The molecule has 1 aromatic rings. The standard InChI is InChI=1S/C17H24ClN/c1-12(13-6-2-3-7-13)19-15-10-14(11-15)16-8-4-5-9-17(16)18/h4-5,8-9,12-15,19H,2-3,6-7,10-11H2,1H3/t12-,14?,15?/m0/s1. The SMILES string of the molecule is C[C@H](NC1CC(c2ccccc2Cl)C1)C1CCCC1. The highest BCUT2D eigenvalue weighted by atomic mass is 35.5. The minimum atomic E-state index is 0.668. The van der Waals surface area contributed by atoms with E-state index in [0.717, 1.165) is 10.9 Å². The minimum Gasteiger partial charge on any atom is -0.311 e. The summed E-state index contributed by atoms with van der Waals surface area (Å²) in [5, 5.41) is 4.77. The van der Waals surface area contributed by atoms with Crippen molar-refractivity contribution >= 4 is 11.6 Å². The summed E-state index contributed by atoms with van der Waals surface area (Å²) in [5.41, 5.74) is 1.34. The van der Waals surface area contributed by atoms with Gasteiger partial charge in [-0.25, -0.2) is 0 Å². The Morgan fingerprint density at radius 3 is 2.53 bits per heavy atom. The molecule has 1 aromatic carbocycles. The van der Waals surface area contributed by atoms with Crippen LogP contribution in [0.5, 0.6) is 0 Å². The van der Waals surface area contributed by atoms with Crippen molar-refractivity contribution in [3.63, 3.8) is 0 Å². The fourth-order valence-corrected chi connectivity index (χ4v) is 4.07. The molecule has 3 rings (SSSR count). The summed E-state index contributed by atoms with van der Waals surface area (Å²) < 4.78 is 0. The highest BCUT2D eigenvalue weighted by Crippen LogP contribution is 2.40. The van der Waals surface area contributed by atoms with E-state index in [4.69, 9.17) is 11.6 Å². The van der Waals surface area contributed by atoms with Crippen LogP contribution >= 0.6 is 11.6 Å². The number of hydrogen-bond acceptors (Lipinski definition) is 1. The molecule has 0 saturated heterocycles. The van der Waals surface area contributed by atoms with Crippen LogP contribution in [-0.2, 0) is 0 Å². The molecule has 0 unspecified atom stereocenters. The Hall–Kier alpha value is -0.530. The smallest absolute Gasteiger partial charge is 0.0440 e. The van der Waals surface area contributed by atoms with Crippen molar-refractivity contribution in [2.45, 2.75) is 63.5 Å². The molecule has 2 aliphatic carbocycles. The van der Waals surface area contributed by atoms with Gasteiger partial charge in [0.1, 0.15) is 0 Å². The molecular weight excluding hydrogens is 254 g/mol. The molecule has 2 aliphatic rings. The van der Waals surface area contributed by atoms with Crippen molar-refractivity contribution in [2.75, 3.05) is 0 Å². The van der Waals surface area contributed by atoms with E-state index >= 15 is 0 Å². The highest BCUT2D eigenvalue weighted by Gasteiger charge is 2.33. The summed E-state index contributed by atoms with van der Waals surface area (Å²) >= 11 is 6.27. The Balaban J connectivity index is 1.49. The van der Waals surface area contributed by atoms with Gasteiger partial charge in [-0.2, -0.15) is 0 Å². The first kappa shape index (κ1) is 13.5. The third-order valence-electron chi connectivity index (χ3n) is 5.09. The molecule has 2 saturated carbocycles. The molecule has 0 radical (unpaired) electrons. The monoisotopic (exact) mass is 277 g/mol. The zero-order valence-electron chi connectivity index (χ0n) is 11.7. The average molecular weight is 278 g/mol. The van der Waals surface area contributed by atoms with E-state index in [1.807, 2.05) is 12.1 Å². The largest absolute Gasteiger partial charge is 0.311 e. The third-order valence-corrected chi connectivity index (χ3v) is 5.43. The number of rotatable bonds is 4. The van der Waals surface area contributed by atoms with Gasteiger partial charge < -0.3 is 5.32 Å². The lowest BCUT2D eigenvalue weighted by Crippen LogP contribution is -2.46. The van der Waals surface area contributed by atoms with Crippen LogP contribution in [-0.4, -0.2) is 12.1 Å². The van der Waals surface area contributed by atoms with Gasteiger partial charge in [-0.05, 0) is 56.1 Å². The molecule has 0 aliphatic heterocycles. The zero-order chi connectivity index (χ0) is 13.2. The van der Waals surface area contributed by atoms with Gasteiger partial charge in [0.25, 0.3) is 0 Å². The molecule has 0 aromatic heterocycles. The van der Waals surface area contributed by atoms with Crippen molar-refractivity contribution in [1.82, 2.24) is 5.32 Å². The molecule has 19 heavy (non-hydrogen) atoms. The van der Waals surface area contributed by atoms with Crippen molar-refractivity contribution < 1.29 is 0 Å². The topological polar surface area (TPSA) is 12.0 Å². The van der Waals surface area contributed by atoms with Crippen LogP contribution in [0.25, 0.3) is 0 Å². The Labute approximate surface area is 121 Å². The fraction of sp³-hybridized carbons (Fsp3) is 0.647. The molecule has 2 heteroatoms. The maximum absolute atomic E-state index is 6.27. The van der Waals surface area contributed by atoms with Gasteiger partial charge in [0.05, 0.1) is 0 Å². The number of halogens is 1. The Kier molecular flexibility index (Phi) is 4.14. The maximum atomic E-state index is 6.27. The molecule has 0 bridgehead atoms. The third kappa shape index (κ3) is 2.98. The second-order valence-electron chi connectivity index (χ2n) is 6.39. The van der Waals surface area contributed by atoms with Crippen LogP contribution in [0.15, 0.2) is 24.3 Å². The number of nitrogens with one attached hydrogen (secondary N) is 1. The average Bonchev–Trinajstić information content (AvgIpc) is 2.88. The minimum absolute atomic E-state index is 0.668. The second kappa shape index (κ2) is 5.85. The van der Waals surface area contributed by atoms with E-state index in [1.54, 1.807) is 0 Å². The lowest BCUT2D eigenvalue weighted by Gasteiger charge is -2.39. The lowest BCUT2D eigenvalue weighted by molar-refractivity contribution is 0.239. The first-order valence-electron chi connectivity index (χ1n) is 7.74. The number of hydrogen-bond donors (Lipinski definition) is 1. The predicted molar refractivity (Wildman–Crippen MR) is 81.8 cm³/mol. The maximum Gasteiger partial charge on any atom is 0.0440 e. The predicted octanol–water partition coefficient (Wildman–Crippen LogP) is 4.75. The van der Waals surface area contributed by atoms with Crippen LogP contribution in [0.1, 0.15) is 56.9 Å². The van der Waals surface area contributed by atoms with Crippen LogP contribution in [0.3, 0.4) is 0 Å². The molecule has 1 N–H and O–H groups in total. The summed E-state index contributed by atoms with van der Waals surface area (Å²) in [6.45, 7) is 2.37. The molecule has 2 fully saturated rings. The molecule has 1 nitrogen and oxygen atoms in total. The Bertz CT molecular complexity index is 419. The van der Waals surface area contributed by atoms with Gasteiger partial charge >= 0.3 is 0 Å². The number of benzene rings is 1. The molecular formula is C17H24ClN. The van der Waals surface area contributed by atoms with E-state index in [0.29, 0.717) is 18.0 Å². The quantitative estimate of drug-likeness (QED) is 0.837. The first-order valence-corrected chi connectivity index (χ1v) is 8.12. The van der Waals surface area contributed by atoms with Gasteiger partial charge in [-0.3, -0.25) is 0 Å². The van der Waals surface area contributed by atoms with Gasteiger partial charge in [0.15, 0.2) is 0 Å². The van der Waals surface area contributed by atoms with Crippen LogP contribution < -0.4 is 5.32 Å². The van der Waals surface area contributed by atoms with Crippen molar-refractivity contribution in [1.29, 1.82) is 0 Å². The molecule has 0 amide bonds. The summed E-state index contributed by atoms with van der Waals surface area (Å²) in [5.74, 6) is 1.58. The van der Waals surface area contributed by atoms with Gasteiger partial charge in [0.2, 0.25) is 0 Å². The summed E-state index contributed by atoms with van der Waals surface area (Å²) in [7, 11) is 0. The Morgan fingerprint density at radius 2 is 1.84 bits per heavy atom. The fourth-order valence-electron chi connectivity index (χ4n) is 3.78. The zero-order valence-corrected chi connectivity index (χ0v) is 12.5. The summed E-state index contributed by atoms with van der Waals surface area (Å²) in [6, 6.07) is 9.71. The van der Waals surface area contributed by atoms with E-state index in [9.17, 15) is 0 Å². The van der Waals surface area contributed by atoms with Crippen LogP contribution in [0.4, 0.5) is 0 Å². The van der Waals surface area contributed by atoms with Crippen molar-refractivity contribution in [3.8, 4) is 0 Å². The molecule has 1 atom stereocenters. The summed E-state index contributed by atoms with van der Waals surface area (Å²) in [6.07, 6.45) is 8.22. The van der Waals surface area contributed by atoms with Crippen molar-refractivity contribution in [3.05, 3.63) is 34.9 Å². The summed E-state index contributed by atoms with van der Waals surface area (Å²) in [4.78, 5) is 0. The highest BCUT2D eigenvalue weighted by molar-refractivity contribution is 6.31. The van der Waals surface area contributed by atoms with E-state index in [-0.39, 0.29) is 0 Å². The van der Waals surface area contributed by atoms with Crippen LogP contribution in [0, 0.1) is 5.92 Å².